The molecule has 0 radical (unpaired) electrons. The molecule has 0 fully saturated rings. The van der Waals surface area contributed by atoms with Crippen LogP contribution in [-0.2, 0) is 4.79 Å². The van der Waals surface area contributed by atoms with Crippen molar-refractivity contribution in [2.45, 2.75) is 25.9 Å². The number of aromatic nitrogens is 3. The molecule has 2 rings (SSSR count). The largest absolute Gasteiger partial charge is 0.389 e. The topological polar surface area (TPSA) is 74.9 Å². The molecule has 0 saturated carbocycles. The Balaban J connectivity index is 2.03. The molecule has 2 aromatic heterocycles. The molecule has 0 spiro atoms. The third-order valence-electron chi connectivity index (χ3n) is 3.71. The highest BCUT2D eigenvalue weighted by molar-refractivity contribution is 8.00. The Morgan fingerprint density at radius 1 is 1.38 bits per heavy atom. The quantitative estimate of drug-likeness (QED) is 0.346. The smallest absolute Gasteiger partial charge is 0.303 e. The van der Waals surface area contributed by atoms with E-state index in [4.69, 9.17) is 17.0 Å². The van der Waals surface area contributed by atoms with E-state index in [-0.39, 0.29) is 41.0 Å². The molecule has 12 heteroatoms. The second-order valence-corrected chi connectivity index (χ2v) is 7.37. The molecule has 0 aliphatic heterocycles. The number of thioether (sulfide) groups is 1. The summed E-state index contributed by atoms with van der Waals surface area (Å²) in [6.45, 7) is 1.87. The van der Waals surface area contributed by atoms with E-state index in [1.54, 1.807) is 6.92 Å². The third-order valence-corrected chi connectivity index (χ3v) is 5.05. The Morgan fingerprint density at radius 3 is 2.72 bits per heavy atom. The van der Waals surface area contributed by atoms with E-state index in [1.807, 2.05) is 0 Å². The van der Waals surface area contributed by atoms with Gasteiger partial charge in [-0.3, -0.25) is 15.2 Å². The number of carbonyl (C=O) groups excluding carboxylic acids is 1. The number of hydrogen-bond donors (Lipinski definition) is 1. The number of amides is 1. The van der Waals surface area contributed by atoms with E-state index < -0.39 is 24.3 Å². The second-order valence-electron chi connectivity index (χ2n) is 5.91. The molecule has 0 unspecified atom stereocenters. The first-order valence-corrected chi connectivity index (χ1v) is 10.1. The van der Waals surface area contributed by atoms with Gasteiger partial charge in [0, 0.05) is 24.8 Å². The van der Waals surface area contributed by atoms with Crippen molar-refractivity contribution >= 4 is 40.7 Å². The molecular formula is C17H18ClF4N5OS. The van der Waals surface area contributed by atoms with Crippen molar-refractivity contribution < 1.29 is 22.4 Å². The van der Waals surface area contributed by atoms with Crippen molar-refractivity contribution in [3.8, 4) is 5.69 Å². The molecule has 0 aliphatic carbocycles. The lowest BCUT2D eigenvalue weighted by Crippen LogP contribution is -2.37. The standard InChI is InChI=1S/C17H18ClF4N5OS/c1-2-26(16(28)13(23)10-29-5-3-4-17(20,21)22)14-9-27(25-15(14)18)12-6-11(19)7-24-8-12/h6-9,23H,2-5,10H2,1H3. The summed E-state index contributed by atoms with van der Waals surface area (Å²) in [5, 5.41) is 12.0. The van der Waals surface area contributed by atoms with Crippen LogP contribution in [0, 0.1) is 11.2 Å². The first-order chi connectivity index (χ1) is 13.6. The summed E-state index contributed by atoms with van der Waals surface area (Å²) in [5.74, 6) is -1.03. The highest BCUT2D eigenvalue weighted by Crippen LogP contribution is 2.27. The van der Waals surface area contributed by atoms with Crippen LogP contribution in [0.25, 0.3) is 5.69 Å². The van der Waals surface area contributed by atoms with E-state index >= 15 is 0 Å². The van der Waals surface area contributed by atoms with Crippen LogP contribution in [0.4, 0.5) is 23.2 Å². The molecule has 29 heavy (non-hydrogen) atoms. The van der Waals surface area contributed by atoms with Gasteiger partial charge in [-0.25, -0.2) is 9.07 Å². The van der Waals surface area contributed by atoms with Gasteiger partial charge in [0.2, 0.25) is 0 Å². The van der Waals surface area contributed by atoms with Gasteiger partial charge in [0.25, 0.3) is 5.91 Å². The zero-order chi connectivity index (χ0) is 21.6. The Kier molecular flexibility index (Phi) is 8.03. The molecule has 2 aromatic rings. The number of pyridine rings is 1. The average molecular weight is 452 g/mol. The van der Waals surface area contributed by atoms with E-state index in [0.29, 0.717) is 5.69 Å². The van der Waals surface area contributed by atoms with Crippen LogP contribution in [-0.4, -0.2) is 50.6 Å². The maximum Gasteiger partial charge on any atom is 0.389 e. The van der Waals surface area contributed by atoms with Crippen LogP contribution in [0.2, 0.25) is 5.15 Å². The number of rotatable bonds is 9. The minimum absolute atomic E-state index is 0.0184. The molecule has 1 amide bonds. The van der Waals surface area contributed by atoms with Crippen LogP contribution >= 0.6 is 23.4 Å². The number of nitrogens with one attached hydrogen (secondary N) is 1. The lowest BCUT2D eigenvalue weighted by Gasteiger charge is -2.19. The molecular weight excluding hydrogens is 434 g/mol. The van der Waals surface area contributed by atoms with Gasteiger partial charge in [-0.1, -0.05) is 11.6 Å². The summed E-state index contributed by atoms with van der Waals surface area (Å²) >= 11 is 7.21. The maximum absolute atomic E-state index is 13.4. The SMILES string of the molecule is CCN(C(=O)C(=N)CSCCCC(F)(F)F)c1cn(-c2cncc(F)c2)nc1Cl. The van der Waals surface area contributed by atoms with Crippen LogP contribution in [0.15, 0.2) is 24.7 Å². The number of halogens is 5. The summed E-state index contributed by atoms with van der Waals surface area (Å²) in [4.78, 5) is 17.5. The van der Waals surface area contributed by atoms with Gasteiger partial charge in [0.05, 0.1) is 24.3 Å². The molecule has 0 aromatic carbocycles. The van der Waals surface area contributed by atoms with Gasteiger partial charge in [-0.2, -0.15) is 30.0 Å². The van der Waals surface area contributed by atoms with E-state index in [0.717, 1.165) is 18.0 Å². The van der Waals surface area contributed by atoms with E-state index in [9.17, 15) is 22.4 Å². The lowest BCUT2D eigenvalue weighted by molar-refractivity contribution is -0.134. The van der Waals surface area contributed by atoms with Crippen LogP contribution in [0.3, 0.4) is 0 Å². The minimum Gasteiger partial charge on any atom is -0.303 e. The number of carbonyl (C=O) groups is 1. The number of hydrogen-bond acceptors (Lipinski definition) is 5. The van der Waals surface area contributed by atoms with Gasteiger partial charge in [0.15, 0.2) is 5.15 Å². The summed E-state index contributed by atoms with van der Waals surface area (Å²) < 4.78 is 51.0. The van der Waals surface area contributed by atoms with Crippen molar-refractivity contribution in [1.82, 2.24) is 14.8 Å². The lowest BCUT2D eigenvalue weighted by atomic mass is 10.3. The Hall–Kier alpha value is -2.14. The van der Waals surface area contributed by atoms with Crippen LogP contribution in [0.5, 0.6) is 0 Å². The predicted molar refractivity (Wildman–Crippen MR) is 105 cm³/mol. The highest BCUT2D eigenvalue weighted by Gasteiger charge is 2.26. The van der Waals surface area contributed by atoms with Crippen LogP contribution in [0.1, 0.15) is 19.8 Å². The highest BCUT2D eigenvalue weighted by atomic mass is 35.5. The maximum atomic E-state index is 13.4. The van der Waals surface area contributed by atoms with Gasteiger partial charge >= 0.3 is 6.18 Å². The fourth-order valence-electron chi connectivity index (χ4n) is 2.38. The van der Waals surface area contributed by atoms with Crippen molar-refractivity contribution in [2.24, 2.45) is 0 Å². The monoisotopic (exact) mass is 451 g/mol. The van der Waals surface area contributed by atoms with Crippen molar-refractivity contribution in [2.75, 3.05) is 23.0 Å². The Morgan fingerprint density at radius 2 is 2.10 bits per heavy atom. The van der Waals surface area contributed by atoms with Crippen LogP contribution < -0.4 is 4.90 Å². The normalized spacial score (nSPS) is 11.5. The van der Waals surface area contributed by atoms with Crippen molar-refractivity contribution in [1.29, 1.82) is 5.41 Å². The van der Waals surface area contributed by atoms with Gasteiger partial charge in [0.1, 0.15) is 17.2 Å². The Bertz CT molecular complexity index is 874. The molecule has 0 saturated heterocycles. The molecule has 158 valence electrons. The average Bonchev–Trinajstić information content (AvgIpc) is 3.02. The summed E-state index contributed by atoms with van der Waals surface area (Å²) in [5.41, 5.74) is 0.271. The first kappa shape index (κ1) is 23.1. The third kappa shape index (κ3) is 6.70. The number of nitrogens with zero attached hydrogens (tertiary/aromatic N) is 4. The molecule has 6 nitrogen and oxygen atoms in total. The van der Waals surface area contributed by atoms with E-state index in [1.165, 1.54) is 28.0 Å². The molecule has 2 heterocycles. The van der Waals surface area contributed by atoms with Gasteiger partial charge < -0.3 is 4.90 Å². The molecule has 0 aliphatic rings. The molecule has 0 bridgehead atoms. The van der Waals surface area contributed by atoms with Crippen molar-refractivity contribution in [3.05, 3.63) is 35.6 Å². The minimum atomic E-state index is -4.21. The zero-order valence-electron chi connectivity index (χ0n) is 15.3. The summed E-state index contributed by atoms with van der Waals surface area (Å²) in [6.07, 6.45) is -1.36. The fraction of sp³-hybridized carbons (Fsp3) is 0.412. The summed E-state index contributed by atoms with van der Waals surface area (Å²) in [7, 11) is 0. The zero-order valence-corrected chi connectivity index (χ0v) is 16.9. The van der Waals surface area contributed by atoms with Gasteiger partial charge in [-0.05, 0) is 19.1 Å². The molecule has 1 N–H and O–H groups in total. The van der Waals surface area contributed by atoms with E-state index in [2.05, 4.69) is 10.1 Å². The second kappa shape index (κ2) is 10.1. The number of anilines is 1. The first-order valence-electron chi connectivity index (χ1n) is 8.52. The number of alkyl halides is 3. The summed E-state index contributed by atoms with van der Waals surface area (Å²) in [6, 6.07) is 1.19. The fourth-order valence-corrected chi connectivity index (χ4v) is 3.43. The predicted octanol–water partition coefficient (Wildman–Crippen LogP) is 4.51. The van der Waals surface area contributed by atoms with Gasteiger partial charge in [-0.15, -0.1) is 0 Å². The Labute approximate surface area is 173 Å². The van der Waals surface area contributed by atoms with Crippen molar-refractivity contribution in [3.63, 3.8) is 0 Å². The molecule has 0 atom stereocenters.